The van der Waals surface area contributed by atoms with E-state index in [0.29, 0.717) is 32.5 Å². The molecule has 31 heavy (non-hydrogen) atoms. The summed E-state index contributed by atoms with van der Waals surface area (Å²) in [5.74, 6) is -0.138. The number of amides is 1. The van der Waals surface area contributed by atoms with Crippen LogP contribution in [-0.2, 0) is 21.2 Å². The van der Waals surface area contributed by atoms with E-state index in [2.05, 4.69) is 5.32 Å². The number of sulfonamides is 1. The number of ether oxygens (including phenoxy) is 1. The van der Waals surface area contributed by atoms with Crippen molar-refractivity contribution < 1.29 is 22.3 Å². The fourth-order valence-corrected chi connectivity index (χ4v) is 5.30. The molecule has 0 saturated carbocycles. The van der Waals surface area contributed by atoms with Gasteiger partial charge in [0.1, 0.15) is 11.6 Å². The largest absolute Gasteiger partial charge is 0.494 e. The highest BCUT2D eigenvalue weighted by Crippen LogP contribution is 2.24. The third-order valence-electron chi connectivity index (χ3n) is 5.40. The molecule has 8 heteroatoms. The monoisotopic (exact) mass is 448 g/mol. The molecule has 1 aliphatic heterocycles. The summed E-state index contributed by atoms with van der Waals surface area (Å²) in [6.45, 7) is 3.56. The fraction of sp³-hybridized carbons (Fsp3) is 0.435. The van der Waals surface area contributed by atoms with E-state index in [9.17, 15) is 17.6 Å². The van der Waals surface area contributed by atoms with Crippen LogP contribution < -0.4 is 10.1 Å². The first-order chi connectivity index (χ1) is 14.9. The summed E-state index contributed by atoms with van der Waals surface area (Å²) >= 11 is 0. The Bertz CT molecular complexity index is 979. The first kappa shape index (κ1) is 23.2. The molecule has 1 saturated heterocycles. The van der Waals surface area contributed by atoms with Crippen molar-refractivity contribution in [3.8, 4) is 5.75 Å². The van der Waals surface area contributed by atoms with Gasteiger partial charge in [-0.2, -0.15) is 4.31 Å². The Morgan fingerprint density at radius 1 is 1.19 bits per heavy atom. The van der Waals surface area contributed by atoms with Crippen LogP contribution in [0.25, 0.3) is 0 Å². The molecule has 0 aliphatic carbocycles. The molecule has 0 radical (unpaired) electrons. The number of piperidine rings is 1. The van der Waals surface area contributed by atoms with E-state index in [1.54, 1.807) is 0 Å². The van der Waals surface area contributed by atoms with E-state index < -0.39 is 15.8 Å². The molecule has 1 N–H and O–H groups in total. The molecular formula is C23H29FN2O4S. The molecule has 1 amide bonds. The molecule has 0 bridgehead atoms. The Labute approximate surface area is 183 Å². The number of halogens is 1. The minimum absolute atomic E-state index is 0.0444. The lowest BCUT2D eigenvalue weighted by Gasteiger charge is -2.31. The molecule has 1 heterocycles. The third-order valence-corrected chi connectivity index (χ3v) is 7.28. The van der Waals surface area contributed by atoms with Gasteiger partial charge in [-0.15, -0.1) is 0 Å². The van der Waals surface area contributed by atoms with Gasteiger partial charge in [-0.05, 0) is 68.5 Å². The van der Waals surface area contributed by atoms with E-state index in [4.69, 9.17) is 4.74 Å². The van der Waals surface area contributed by atoms with Gasteiger partial charge in [-0.1, -0.05) is 18.2 Å². The maximum atomic E-state index is 13.1. The SMILES string of the molecule is CCOc1ccccc1CCCNC(=O)[C@@H]1CCCN(S(=O)(=O)c2ccc(F)cc2)C1. The average Bonchev–Trinajstić information content (AvgIpc) is 2.78. The van der Waals surface area contributed by atoms with Crippen LogP contribution in [0.5, 0.6) is 5.75 Å². The van der Waals surface area contributed by atoms with Crippen molar-refractivity contribution in [1.82, 2.24) is 9.62 Å². The minimum Gasteiger partial charge on any atom is -0.494 e. The number of rotatable bonds is 9. The highest BCUT2D eigenvalue weighted by Gasteiger charge is 2.33. The number of para-hydroxylation sites is 1. The lowest BCUT2D eigenvalue weighted by molar-refractivity contribution is -0.126. The highest BCUT2D eigenvalue weighted by molar-refractivity contribution is 7.89. The zero-order valence-electron chi connectivity index (χ0n) is 17.7. The summed E-state index contributed by atoms with van der Waals surface area (Å²) in [6, 6.07) is 12.6. The van der Waals surface area contributed by atoms with Crippen LogP contribution in [0.2, 0.25) is 0 Å². The quantitative estimate of drug-likeness (QED) is 0.597. The first-order valence-electron chi connectivity index (χ1n) is 10.7. The molecule has 1 aliphatic rings. The molecule has 0 unspecified atom stereocenters. The summed E-state index contributed by atoms with van der Waals surface area (Å²) < 4.78 is 45.7. The molecule has 168 valence electrons. The summed E-state index contributed by atoms with van der Waals surface area (Å²) in [5.41, 5.74) is 1.10. The number of nitrogens with one attached hydrogen (secondary N) is 1. The van der Waals surface area contributed by atoms with E-state index in [1.165, 1.54) is 16.4 Å². The van der Waals surface area contributed by atoms with Gasteiger partial charge in [-0.25, -0.2) is 12.8 Å². The second kappa shape index (κ2) is 10.7. The second-order valence-corrected chi connectivity index (χ2v) is 9.53. The Balaban J connectivity index is 1.51. The van der Waals surface area contributed by atoms with Gasteiger partial charge in [0.15, 0.2) is 0 Å². The minimum atomic E-state index is -3.74. The molecule has 1 fully saturated rings. The smallest absolute Gasteiger partial charge is 0.243 e. The number of carbonyl (C=O) groups is 1. The van der Waals surface area contributed by atoms with Crippen molar-refractivity contribution in [2.45, 2.75) is 37.5 Å². The van der Waals surface area contributed by atoms with E-state index in [0.717, 1.165) is 36.3 Å². The van der Waals surface area contributed by atoms with Crippen molar-refractivity contribution in [1.29, 1.82) is 0 Å². The lowest BCUT2D eigenvalue weighted by Crippen LogP contribution is -2.45. The lowest BCUT2D eigenvalue weighted by atomic mass is 9.99. The summed E-state index contributed by atoms with van der Waals surface area (Å²) in [7, 11) is -3.74. The van der Waals surface area contributed by atoms with Crippen molar-refractivity contribution in [3.05, 3.63) is 59.9 Å². The molecule has 2 aromatic carbocycles. The molecule has 0 aromatic heterocycles. The zero-order valence-corrected chi connectivity index (χ0v) is 18.5. The fourth-order valence-electron chi connectivity index (χ4n) is 3.77. The number of aryl methyl sites for hydroxylation is 1. The summed E-state index contributed by atoms with van der Waals surface area (Å²) in [6.07, 6.45) is 2.81. The second-order valence-electron chi connectivity index (χ2n) is 7.59. The third kappa shape index (κ3) is 6.04. The zero-order chi connectivity index (χ0) is 22.3. The molecule has 6 nitrogen and oxygen atoms in total. The topological polar surface area (TPSA) is 75.7 Å². The van der Waals surface area contributed by atoms with Crippen LogP contribution in [0, 0.1) is 11.7 Å². The molecule has 1 atom stereocenters. The number of nitrogens with zero attached hydrogens (tertiary/aromatic N) is 1. The predicted octanol–water partition coefficient (Wildman–Crippen LogP) is 3.37. The van der Waals surface area contributed by atoms with E-state index in [-0.39, 0.29) is 23.3 Å². The van der Waals surface area contributed by atoms with Gasteiger partial charge >= 0.3 is 0 Å². The van der Waals surface area contributed by atoms with E-state index >= 15 is 0 Å². The first-order valence-corrected chi connectivity index (χ1v) is 12.1. The number of benzene rings is 2. The maximum absolute atomic E-state index is 13.1. The van der Waals surface area contributed by atoms with Crippen LogP contribution in [0.15, 0.2) is 53.4 Å². The molecular weight excluding hydrogens is 419 g/mol. The predicted molar refractivity (Wildman–Crippen MR) is 117 cm³/mol. The van der Waals surface area contributed by atoms with Crippen LogP contribution in [0.3, 0.4) is 0 Å². The standard InChI is InChI=1S/C23H29FN2O4S/c1-2-30-22-10-4-3-7-18(22)8-5-15-25-23(27)19-9-6-16-26(17-19)31(28,29)21-13-11-20(24)12-14-21/h3-4,7,10-14,19H,2,5-6,8-9,15-17H2,1H3,(H,25,27)/t19-/m1/s1. The van der Waals surface area contributed by atoms with Crippen molar-refractivity contribution in [2.24, 2.45) is 5.92 Å². The van der Waals surface area contributed by atoms with Crippen LogP contribution in [0.4, 0.5) is 4.39 Å². The summed E-state index contributed by atoms with van der Waals surface area (Å²) in [5, 5.41) is 2.94. The van der Waals surface area contributed by atoms with Gasteiger partial charge in [0, 0.05) is 19.6 Å². The highest BCUT2D eigenvalue weighted by atomic mass is 32.2. The Morgan fingerprint density at radius 3 is 2.68 bits per heavy atom. The Morgan fingerprint density at radius 2 is 1.94 bits per heavy atom. The van der Waals surface area contributed by atoms with E-state index in [1.807, 2.05) is 31.2 Å². The van der Waals surface area contributed by atoms with Crippen molar-refractivity contribution >= 4 is 15.9 Å². The van der Waals surface area contributed by atoms with Gasteiger partial charge in [0.25, 0.3) is 0 Å². The Hall–Kier alpha value is -2.45. The summed E-state index contributed by atoms with van der Waals surface area (Å²) in [4.78, 5) is 12.7. The number of hydrogen-bond donors (Lipinski definition) is 1. The van der Waals surface area contributed by atoms with Crippen LogP contribution in [0.1, 0.15) is 31.7 Å². The van der Waals surface area contributed by atoms with Gasteiger partial charge < -0.3 is 10.1 Å². The van der Waals surface area contributed by atoms with Gasteiger partial charge in [0.05, 0.1) is 17.4 Å². The van der Waals surface area contributed by atoms with Crippen LogP contribution >= 0.6 is 0 Å². The number of hydrogen-bond acceptors (Lipinski definition) is 4. The molecule has 0 spiro atoms. The Kier molecular flexibility index (Phi) is 8.03. The van der Waals surface area contributed by atoms with Gasteiger partial charge in [0.2, 0.25) is 15.9 Å². The van der Waals surface area contributed by atoms with Gasteiger partial charge in [-0.3, -0.25) is 4.79 Å². The molecule has 2 aromatic rings. The molecule has 3 rings (SSSR count). The average molecular weight is 449 g/mol. The van der Waals surface area contributed by atoms with Crippen molar-refractivity contribution in [3.63, 3.8) is 0 Å². The van der Waals surface area contributed by atoms with Crippen LogP contribution in [-0.4, -0.2) is 44.9 Å². The normalized spacial score (nSPS) is 17.3. The maximum Gasteiger partial charge on any atom is 0.243 e. The number of carbonyl (C=O) groups excluding carboxylic acids is 1. The van der Waals surface area contributed by atoms with Crippen molar-refractivity contribution in [2.75, 3.05) is 26.2 Å².